The Kier molecular flexibility index (Phi) is 7.80. The standard InChI is InChI=1S/C22H23ClF3NO4/c1-15(31-19-7-3-6-18(23)11-19)21(28)27-8-9-30-20(12-27)14-29-13-16-4-2-5-17(10-16)22(24,25)26/h2-7,10-11,15,20H,8-9,12-14H2,1H3. The van der Waals surface area contributed by atoms with Gasteiger partial charge in [-0.25, -0.2) is 0 Å². The minimum atomic E-state index is -4.40. The summed E-state index contributed by atoms with van der Waals surface area (Å²) in [5.74, 6) is 0.314. The topological polar surface area (TPSA) is 48.0 Å². The molecule has 2 atom stereocenters. The number of hydrogen-bond donors (Lipinski definition) is 0. The van der Waals surface area contributed by atoms with E-state index >= 15 is 0 Å². The second kappa shape index (κ2) is 10.3. The van der Waals surface area contributed by atoms with E-state index in [0.29, 0.717) is 36.0 Å². The molecule has 1 saturated heterocycles. The van der Waals surface area contributed by atoms with Crippen LogP contribution in [0.3, 0.4) is 0 Å². The van der Waals surface area contributed by atoms with E-state index in [0.717, 1.165) is 12.1 Å². The zero-order valence-corrected chi connectivity index (χ0v) is 17.7. The number of hydrogen-bond acceptors (Lipinski definition) is 4. The highest BCUT2D eigenvalue weighted by molar-refractivity contribution is 6.30. The van der Waals surface area contributed by atoms with Crippen molar-refractivity contribution in [3.05, 3.63) is 64.7 Å². The van der Waals surface area contributed by atoms with Crippen LogP contribution in [0.1, 0.15) is 18.1 Å². The zero-order chi connectivity index (χ0) is 22.4. The van der Waals surface area contributed by atoms with Gasteiger partial charge in [-0.2, -0.15) is 13.2 Å². The second-order valence-corrected chi connectivity index (χ2v) is 7.64. The number of ether oxygens (including phenoxy) is 3. The van der Waals surface area contributed by atoms with Crippen molar-refractivity contribution >= 4 is 17.5 Å². The van der Waals surface area contributed by atoms with Crippen molar-refractivity contribution in [1.29, 1.82) is 0 Å². The molecule has 0 aromatic heterocycles. The third-order valence-electron chi connectivity index (χ3n) is 4.73. The molecule has 1 aliphatic rings. The third-order valence-corrected chi connectivity index (χ3v) is 4.97. The van der Waals surface area contributed by atoms with Crippen LogP contribution >= 0.6 is 11.6 Å². The highest BCUT2D eigenvalue weighted by atomic mass is 35.5. The first-order chi connectivity index (χ1) is 14.7. The highest BCUT2D eigenvalue weighted by Gasteiger charge is 2.31. The number of halogens is 4. The predicted molar refractivity (Wildman–Crippen MR) is 109 cm³/mol. The van der Waals surface area contributed by atoms with E-state index in [-0.39, 0.29) is 25.2 Å². The molecule has 1 aliphatic heterocycles. The molecule has 3 rings (SSSR count). The van der Waals surface area contributed by atoms with Gasteiger partial charge in [0.05, 0.1) is 31.5 Å². The minimum absolute atomic E-state index is 0.0198. The molecule has 168 valence electrons. The molecule has 0 saturated carbocycles. The maximum absolute atomic E-state index is 12.8. The Morgan fingerprint density at radius 2 is 2.03 bits per heavy atom. The Bertz CT molecular complexity index is 893. The maximum atomic E-state index is 12.8. The van der Waals surface area contributed by atoms with Gasteiger partial charge >= 0.3 is 6.18 Å². The molecule has 0 bridgehead atoms. The van der Waals surface area contributed by atoms with Crippen LogP contribution in [0.15, 0.2) is 48.5 Å². The van der Waals surface area contributed by atoms with Crippen LogP contribution in [0.2, 0.25) is 5.02 Å². The number of morpholine rings is 1. The van der Waals surface area contributed by atoms with Crippen LogP contribution in [0.4, 0.5) is 13.2 Å². The van der Waals surface area contributed by atoms with E-state index in [2.05, 4.69) is 0 Å². The highest BCUT2D eigenvalue weighted by Crippen LogP contribution is 2.29. The third kappa shape index (κ3) is 6.85. The van der Waals surface area contributed by atoms with E-state index in [1.807, 2.05) is 0 Å². The molecule has 2 unspecified atom stereocenters. The molecule has 1 amide bonds. The SMILES string of the molecule is CC(Oc1cccc(Cl)c1)C(=O)N1CCOC(COCc2cccc(C(F)(F)F)c2)C1. The van der Waals surface area contributed by atoms with Gasteiger partial charge in [-0.3, -0.25) is 4.79 Å². The van der Waals surface area contributed by atoms with Gasteiger partial charge in [0.15, 0.2) is 6.10 Å². The van der Waals surface area contributed by atoms with Crippen molar-refractivity contribution in [3.8, 4) is 5.75 Å². The smallest absolute Gasteiger partial charge is 0.416 e. The van der Waals surface area contributed by atoms with Gasteiger partial charge in [0.25, 0.3) is 5.91 Å². The molecule has 9 heteroatoms. The van der Waals surface area contributed by atoms with Crippen molar-refractivity contribution in [3.63, 3.8) is 0 Å². The first-order valence-corrected chi connectivity index (χ1v) is 10.2. The summed E-state index contributed by atoms with van der Waals surface area (Å²) >= 11 is 5.94. The van der Waals surface area contributed by atoms with Crippen molar-refractivity contribution < 1.29 is 32.2 Å². The van der Waals surface area contributed by atoms with E-state index < -0.39 is 17.8 Å². The Balaban J connectivity index is 1.48. The summed E-state index contributed by atoms with van der Waals surface area (Å²) in [4.78, 5) is 14.4. The Labute approximate surface area is 183 Å². The van der Waals surface area contributed by atoms with Gasteiger partial charge in [0.2, 0.25) is 0 Å². The zero-order valence-electron chi connectivity index (χ0n) is 16.9. The fraction of sp³-hybridized carbons (Fsp3) is 0.409. The van der Waals surface area contributed by atoms with E-state index in [9.17, 15) is 18.0 Å². The molecule has 2 aromatic carbocycles. The van der Waals surface area contributed by atoms with Gasteiger partial charge in [0.1, 0.15) is 5.75 Å². The van der Waals surface area contributed by atoms with Gasteiger partial charge in [-0.05, 0) is 42.8 Å². The monoisotopic (exact) mass is 457 g/mol. The molecule has 0 aliphatic carbocycles. The van der Waals surface area contributed by atoms with Crippen LogP contribution in [0.5, 0.6) is 5.75 Å². The largest absolute Gasteiger partial charge is 0.481 e. The summed E-state index contributed by atoms with van der Waals surface area (Å²) in [6.45, 7) is 2.91. The van der Waals surface area contributed by atoms with E-state index in [1.54, 1.807) is 42.2 Å². The van der Waals surface area contributed by atoms with E-state index in [1.165, 1.54) is 6.07 Å². The molecule has 2 aromatic rings. The van der Waals surface area contributed by atoms with Crippen LogP contribution in [0, 0.1) is 0 Å². The molecule has 0 spiro atoms. The average Bonchev–Trinajstić information content (AvgIpc) is 2.73. The van der Waals surface area contributed by atoms with Crippen molar-refractivity contribution in [2.45, 2.75) is 31.9 Å². The fourth-order valence-corrected chi connectivity index (χ4v) is 3.40. The Morgan fingerprint density at radius 3 is 2.77 bits per heavy atom. The molecule has 31 heavy (non-hydrogen) atoms. The lowest BCUT2D eigenvalue weighted by Gasteiger charge is -2.34. The number of nitrogens with zero attached hydrogens (tertiary/aromatic N) is 1. The van der Waals surface area contributed by atoms with Crippen molar-refractivity contribution in [2.75, 3.05) is 26.3 Å². The lowest BCUT2D eigenvalue weighted by atomic mass is 10.1. The van der Waals surface area contributed by atoms with Gasteiger partial charge < -0.3 is 19.1 Å². The van der Waals surface area contributed by atoms with Crippen LogP contribution in [0.25, 0.3) is 0 Å². The number of benzene rings is 2. The lowest BCUT2D eigenvalue weighted by Crippen LogP contribution is -2.50. The van der Waals surface area contributed by atoms with Gasteiger partial charge in [0, 0.05) is 18.1 Å². The molecule has 5 nitrogen and oxygen atoms in total. The molecular formula is C22H23ClF3NO4. The summed E-state index contributed by atoms with van der Waals surface area (Å²) in [5.41, 5.74) is -0.296. The predicted octanol–water partition coefficient (Wildman–Crippen LogP) is 4.57. The first kappa shape index (κ1) is 23.4. The van der Waals surface area contributed by atoms with E-state index in [4.69, 9.17) is 25.8 Å². The molecule has 1 fully saturated rings. The Morgan fingerprint density at radius 1 is 1.26 bits per heavy atom. The molecular weight excluding hydrogens is 435 g/mol. The number of carbonyl (C=O) groups is 1. The maximum Gasteiger partial charge on any atom is 0.416 e. The molecule has 1 heterocycles. The minimum Gasteiger partial charge on any atom is -0.481 e. The second-order valence-electron chi connectivity index (χ2n) is 7.21. The summed E-state index contributed by atoms with van der Waals surface area (Å²) in [6.07, 6.45) is -5.47. The lowest BCUT2D eigenvalue weighted by molar-refractivity contribution is -0.148. The fourth-order valence-electron chi connectivity index (χ4n) is 3.22. The van der Waals surface area contributed by atoms with Crippen LogP contribution in [-0.2, 0) is 27.1 Å². The van der Waals surface area contributed by atoms with Crippen molar-refractivity contribution in [2.24, 2.45) is 0 Å². The van der Waals surface area contributed by atoms with Crippen LogP contribution < -0.4 is 4.74 Å². The van der Waals surface area contributed by atoms with Gasteiger partial charge in [-0.1, -0.05) is 29.8 Å². The number of carbonyl (C=O) groups excluding carboxylic acids is 1. The van der Waals surface area contributed by atoms with Crippen LogP contribution in [-0.4, -0.2) is 49.3 Å². The quantitative estimate of drug-likeness (QED) is 0.611. The summed E-state index contributed by atoms with van der Waals surface area (Å²) in [6, 6.07) is 11.8. The average molecular weight is 458 g/mol. The molecule has 0 radical (unpaired) electrons. The summed E-state index contributed by atoms with van der Waals surface area (Å²) in [5, 5.41) is 0.515. The summed E-state index contributed by atoms with van der Waals surface area (Å²) < 4.78 is 55.3. The van der Waals surface area contributed by atoms with Gasteiger partial charge in [-0.15, -0.1) is 0 Å². The number of alkyl halides is 3. The first-order valence-electron chi connectivity index (χ1n) is 9.79. The van der Waals surface area contributed by atoms with Crippen molar-refractivity contribution in [1.82, 2.24) is 4.90 Å². The number of rotatable bonds is 7. The molecule has 0 N–H and O–H groups in total. The summed E-state index contributed by atoms with van der Waals surface area (Å²) in [7, 11) is 0. The normalized spacial score (nSPS) is 18.0. The number of amides is 1. The Hall–Kier alpha value is -2.29.